The van der Waals surface area contributed by atoms with Crippen molar-refractivity contribution in [3.05, 3.63) is 39.2 Å². The summed E-state index contributed by atoms with van der Waals surface area (Å²) >= 11 is 7.67. The van der Waals surface area contributed by atoms with Crippen molar-refractivity contribution in [3.63, 3.8) is 0 Å². The first-order chi connectivity index (χ1) is 15.5. The lowest BCUT2D eigenvalue weighted by Crippen LogP contribution is -2.42. The number of carbonyl (C=O) groups excluding carboxylic acids is 2. The minimum Gasteiger partial charge on any atom is -0.495 e. The third-order valence-electron chi connectivity index (χ3n) is 6.35. The van der Waals surface area contributed by atoms with Crippen molar-refractivity contribution in [2.24, 2.45) is 0 Å². The number of nitrogens with zero attached hydrogens (tertiary/aromatic N) is 1. The zero-order valence-corrected chi connectivity index (χ0v) is 20.2. The Kier molecular flexibility index (Phi) is 7.38. The molecule has 1 aliphatic carbocycles. The fraction of sp³-hybridized carbons (Fsp3) is 0.500. The highest BCUT2D eigenvalue weighted by Gasteiger charge is 2.28. The third-order valence-corrected chi connectivity index (χ3v) is 7.79. The predicted octanol–water partition coefficient (Wildman–Crippen LogP) is 5.35. The van der Waals surface area contributed by atoms with E-state index in [1.807, 2.05) is 0 Å². The molecule has 4 rings (SSSR count). The van der Waals surface area contributed by atoms with Gasteiger partial charge in [-0.3, -0.25) is 14.5 Å². The predicted molar refractivity (Wildman–Crippen MR) is 130 cm³/mol. The van der Waals surface area contributed by atoms with Gasteiger partial charge in [0.05, 0.1) is 24.9 Å². The maximum atomic E-state index is 13.4. The second-order valence-corrected chi connectivity index (χ2v) is 10.1. The van der Waals surface area contributed by atoms with Crippen LogP contribution in [0.2, 0.25) is 5.02 Å². The molecule has 0 unspecified atom stereocenters. The standard InChI is InChI=1S/C24H30ClN3O3S/c1-15-7-5-6-12-28(15)14-21(29)27-24-22(17-8-3-4-9-20(17)32-24)23(30)26-18-13-16(25)10-11-19(18)31-2/h10-11,13,15H,3-9,12,14H2,1-2H3,(H,26,30)(H,27,29)/t15-/m1/s1. The number of hydrogen-bond acceptors (Lipinski definition) is 5. The number of piperidine rings is 1. The number of carbonyl (C=O) groups is 2. The Balaban J connectivity index is 1.57. The molecule has 2 amide bonds. The van der Waals surface area contributed by atoms with Gasteiger partial charge >= 0.3 is 0 Å². The van der Waals surface area contributed by atoms with Crippen LogP contribution < -0.4 is 15.4 Å². The van der Waals surface area contributed by atoms with Crippen LogP contribution in [0, 0.1) is 0 Å². The number of amides is 2. The highest BCUT2D eigenvalue weighted by Crippen LogP contribution is 2.39. The highest BCUT2D eigenvalue weighted by atomic mass is 35.5. The van der Waals surface area contributed by atoms with E-state index in [0.717, 1.165) is 50.6 Å². The molecular weight excluding hydrogens is 446 g/mol. The molecule has 0 spiro atoms. The molecule has 1 aliphatic heterocycles. The van der Waals surface area contributed by atoms with Crippen LogP contribution in [0.5, 0.6) is 5.75 Å². The van der Waals surface area contributed by atoms with Gasteiger partial charge in [-0.25, -0.2) is 0 Å². The SMILES string of the molecule is COc1ccc(Cl)cc1NC(=O)c1c(NC(=O)CN2CCCC[C@H]2C)sc2c1CCCC2. The minimum atomic E-state index is -0.244. The summed E-state index contributed by atoms with van der Waals surface area (Å²) in [5.74, 6) is 0.231. The summed E-state index contributed by atoms with van der Waals surface area (Å²) in [5.41, 5.74) is 2.15. The van der Waals surface area contributed by atoms with Crippen molar-refractivity contribution in [2.45, 2.75) is 57.9 Å². The van der Waals surface area contributed by atoms with Crippen molar-refractivity contribution in [3.8, 4) is 5.75 Å². The van der Waals surface area contributed by atoms with E-state index in [2.05, 4.69) is 22.5 Å². The smallest absolute Gasteiger partial charge is 0.259 e. The summed E-state index contributed by atoms with van der Waals surface area (Å²) in [7, 11) is 1.55. The number of fused-ring (bicyclic) bond motifs is 1. The lowest BCUT2D eigenvalue weighted by molar-refractivity contribution is -0.118. The summed E-state index contributed by atoms with van der Waals surface area (Å²) in [4.78, 5) is 29.7. The first-order valence-corrected chi connectivity index (χ1v) is 12.5. The number of thiophene rings is 1. The molecule has 0 saturated carbocycles. The maximum absolute atomic E-state index is 13.4. The number of hydrogen-bond donors (Lipinski definition) is 2. The van der Waals surface area contributed by atoms with Gasteiger partial charge in [0, 0.05) is 15.9 Å². The fourth-order valence-corrected chi connectivity index (χ4v) is 6.08. The van der Waals surface area contributed by atoms with E-state index in [1.165, 1.54) is 22.6 Å². The zero-order valence-electron chi connectivity index (χ0n) is 18.6. The molecule has 32 heavy (non-hydrogen) atoms. The second kappa shape index (κ2) is 10.2. The quantitative estimate of drug-likeness (QED) is 0.590. The second-order valence-electron chi connectivity index (χ2n) is 8.58. The van der Waals surface area contributed by atoms with Crippen molar-refractivity contribution < 1.29 is 14.3 Å². The van der Waals surface area contributed by atoms with Crippen LogP contribution in [0.4, 0.5) is 10.7 Å². The van der Waals surface area contributed by atoms with Crippen LogP contribution in [-0.2, 0) is 17.6 Å². The van der Waals surface area contributed by atoms with Gasteiger partial charge in [0.2, 0.25) is 5.91 Å². The topological polar surface area (TPSA) is 70.7 Å². The van der Waals surface area contributed by atoms with Gasteiger partial charge < -0.3 is 15.4 Å². The normalized spacial score (nSPS) is 18.7. The summed E-state index contributed by atoms with van der Waals surface area (Å²) in [5, 5.41) is 7.17. The molecule has 6 nitrogen and oxygen atoms in total. The number of benzene rings is 1. The molecule has 172 valence electrons. The average Bonchev–Trinajstić information content (AvgIpc) is 3.13. The monoisotopic (exact) mass is 475 g/mol. The van der Waals surface area contributed by atoms with E-state index < -0.39 is 0 Å². The van der Waals surface area contributed by atoms with Gasteiger partial charge in [0.1, 0.15) is 10.8 Å². The summed E-state index contributed by atoms with van der Waals surface area (Å²) in [6.07, 6.45) is 7.41. The number of rotatable bonds is 6. The molecule has 0 bridgehead atoms. The van der Waals surface area contributed by atoms with Gasteiger partial charge in [-0.15, -0.1) is 11.3 Å². The minimum absolute atomic E-state index is 0.0632. The van der Waals surface area contributed by atoms with Crippen molar-refractivity contribution >= 4 is 45.4 Å². The number of ether oxygens (including phenoxy) is 1. The zero-order chi connectivity index (χ0) is 22.7. The number of halogens is 1. The van der Waals surface area contributed by atoms with Crippen molar-refractivity contribution in [1.29, 1.82) is 0 Å². The Morgan fingerprint density at radius 3 is 2.78 bits per heavy atom. The maximum Gasteiger partial charge on any atom is 0.259 e. The van der Waals surface area contributed by atoms with E-state index in [1.54, 1.807) is 25.3 Å². The molecule has 2 heterocycles. The molecule has 1 fully saturated rings. The van der Waals surface area contributed by atoms with Crippen LogP contribution in [0.15, 0.2) is 18.2 Å². The average molecular weight is 476 g/mol. The van der Waals surface area contributed by atoms with Gasteiger partial charge in [-0.2, -0.15) is 0 Å². The van der Waals surface area contributed by atoms with Gasteiger partial charge in [0.25, 0.3) is 5.91 Å². The Morgan fingerprint density at radius 1 is 1.19 bits per heavy atom. The van der Waals surface area contributed by atoms with Crippen molar-refractivity contribution in [1.82, 2.24) is 4.90 Å². The molecule has 2 aliphatic rings. The van der Waals surface area contributed by atoms with Crippen LogP contribution >= 0.6 is 22.9 Å². The highest BCUT2D eigenvalue weighted by molar-refractivity contribution is 7.17. The first kappa shape index (κ1) is 23.1. The molecule has 1 saturated heterocycles. The van der Waals surface area contributed by atoms with E-state index in [4.69, 9.17) is 16.3 Å². The molecule has 8 heteroatoms. The van der Waals surface area contributed by atoms with Crippen LogP contribution in [0.25, 0.3) is 0 Å². The van der Waals surface area contributed by atoms with E-state index in [0.29, 0.717) is 39.6 Å². The lowest BCUT2D eigenvalue weighted by Gasteiger charge is -2.32. The molecule has 1 aromatic heterocycles. The third kappa shape index (κ3) is 5.11. The van der Waals surface area contributed by atoms with Crippen LogP contribution in [-0.4, -0.2) is 43.0 Å². The Bertz CT molecular complexity index is 1010. The molecule has 0 radical (unpaired) electrons. The van der Waals surface area contributed by atoms with E-state index >= 15 is 0 Å². The molecular formula is C24H30ClN3O3S. The number of methoxy groups -OCH3 is 1. The fourth-order valence-electron chi connectivity index (χ4n) is 4.60. The molecule has 2 N–H and O–H groups in total. The van der Waals surface area contributed by atoms with Gasteiger partial charge in [0.15, 0.2) is 0 Å². The summed E-state index contributed by atoms with van der Waals surface area (Å²) < 4.78 is 5.37. The lowest BCUT2D eigenvalue weighted by atomic mass is 9.95. The van der Waals surface area contributed by atoms with Gasteiger partial charge in [-0.1, -0.05) is 18.0 Å². The van der Waals surface area contributed by atoms with Crippen LogP contribution in [0.1, 0.15) is 59.8 Å². The van der Waals surface area contributed by atoms with E-state index in [-0.39, 0.29) is 11.8 Å². The Morgan fingerprint density at radius 2 is 2.00 bits per heavy atom. The van der Waals surface area contributed by atoms with E-state index in [9.17, 15) is 9.59 Å². The van der Waals surface area contributed by atoms with Crippen LogP contribution in [0.3, 0.4) is 0 Å². The molecule has 2 aromatic rings. The largest absolute Gasteiger partial charge is 0.495 e. The van der Waals surface area contributed by atoms with Crippen molar-refractivity contribution in [2.75, 3.05) is 30.8 Å². The molecule has 1 atom stereocenters. The number of nitrogens with one attached hydrogen (secondary N) is 2. The summed E-state index contributed by atoms with van der Waals surface area (Å²) in [6.45, 7) is 3.47. The molecule has 1 aromatic carbocycles. The van der Waals surface area contributed by atoms with Gasteiger partial charge in [-0.05, 0) is 75.8 Å². The Hall–Kier alpha value is -2.09. The number of anilines is 2. The number of likely N-dealkylation sites (tertiary alicyclic amines) is 1. The number of aryl methyl sites for hydroxylation is 1. The Labute approximate surface area is 198 Å². The first-order valence-electron chi connectivity index (χ1n) is 11.3. The summed E-state index contributed by atoms with van der Waals surface area (Å²) in [6, 6.07) is 5.52.